The second-order valence-corrected chi connectivity index (χ2v) is 4.39. The van der Waals surface area contributed by atoms with Crippen molar-refractivity contribution in [2.45, 2.75) is 23.7 Å². The van der Waals surface area contributed by atoms with Crippen molar-refractivity contribution in [3.63, 3.8) is 0 Å². The highest BCUT2D eigenvalue weighted by molar-refractivity contribution is 7.99. The van der Waals surface area contributed by atoms with Crippen LogP contribution in [0.3, 0.4) is 0 Å². The molecule has 0 unspecified atom stereocenters. The fourth-order valence-corrected chi connectivity index (χ4v) is 2.41. The van der Waals surface area contributed by atoms with Crippen molar-refractivity contribution < 1.29 is 4.92 Å². The normalized spacial score (nSPS) is 10.5. The minimum Gasteiger partial charge on any atom is -0.303 e. The van der Waals surface area contributed by atoms with Crippen molar-refractivity contribution in [2.24, 2.45) is 5.84 Å². The maximum absolute atomic E-state index is 11.4. The number of nitrogens with two attached hydrogens (primary N) is 1. The molecule has 0 saturated carbocycles. The van der Waals surface area contributed by atoms with Gasteiger partial charge in [-0.15, -0.1) is 5.10 Å². The van der Waals surface area contributed by atoms with Gasteiger partial charge in [-0.05, 0) is 18.7 Å². The first-order valence-electron chi connectivity index (χ1n) is 5.37. The molecule has 12 heteroatoms. The van der Waals surface area contributed by atoms with Crippen LogP contribution < -0.4 is 17.0 Å². The van der Waals surface area contributed by atoms with Crippen LogP contribution in [0.2, 0.25) is 0 Å². The number of nitro groups is 1. The maximum atomic E-state index is 11.4. The van der Waals surface area contributed by atoms with Crippen LogP contribution >= 0.6 is 11.8 Å². The maximum Gasteiger partial charge on any atom is 0.345 e. The summed E-state index contributed by atoms with van der Waals surface area (Å²) in [4.78, 5) is 29.4. The Kier molecular flexibility index (Phi) is 3.95. The number of aromatic amines is 1. The number of rotatable bonds is 5. The number of nitrogen functional groups attached to an aromatic ring is 1. The van der Waals surface area contributed by atoms with Gasteiger partial charge in [-0.25, -0.2) is 25.7 Å². The van der Waals surface area contributed by atoms with Gasteiger partial charge in [-0.2, -0.15) is 0 Å². The predicted octanol–water partition coefficient (Wildman–Crippen LogP) is -0.274. The lowest BCUT2D eigenvalue weighted by molar-refractivity contribution is -0.387. The summed E-state index contributed by atoms with van der Waals surface area (Å²) in [6, 6.07) is 0. The van der Waals surface area contributed by atoms with Crippen LogP contribution in [-0.4, -0.2) is 29.7 Å². The van der Waals surface area contributed by atoms with Gasteiger partial charge in [0.15, 0.2) is 10.2 Å². The topological polar surface area (TPSA) is 158 Å². The van der Waals surface area contributed by atoms with E-state index in [2.05, 4.69) is 25.6 Å². The Bertz CT molecular complexity index is 695. The van der Waals surface area contributed by atoms with Gasteiger partial charge >= 0.3 is 11.4 Å². The van der Waals surface area contributed by atoms with Gasteiger partial charge in [0.1, 0.15) is 6.33 Å². The summed E-state index contributed by atoms with van der Waals surface area (Å²) in [6.07, 6.45) is 1.13. The monoisotopic (exact) mass is 298 g/mol. The van der Waals surface area contributed by atoms with Gasteiger partial charge < -0.3 is 5.43 Å². The molecular formula is C8H10N8O3S. The third-order valence-corrected chi connectivity index (χ3v) is 3.32. The molecule has 0 fully saturated rings. The molecule has 0 aromatic carbocycles. The van der Waals surface area contributed by atoms with Crippen LogP contribution in [0.1, 0.15) is 6.92 Å². The molecule has 0 bridgehead atoms. The minimum atomic E-state index is -0.654. The number of nitrogens with zero attached hydrogens (tertiary/aromatic N) is 5. The van der Waals surface area contributed by atoms with Gasteiger partial charge in [-0.1, -0.05) is 0 Å². The van der Waals surface area contributed by atoms with Crippen LogP contribution in [0.4, 0.5) is 11.5 Å². The van der Waals surface area contributed by atoms with Gasteiger partial charge in [0.25, 0.3) is 0 Å². The third kappa shape index (κ3) is 2.46. The Labute approximate surface area is 115 Å². The lowest BCUT2D eigenvalue weighted by atomic mass is 10.5. The number of hydrazine groups is 1. The number of aromatic nitrogens is 5. The molecule has 106 valence electrons. The molecule has 0 atom stereocenters. The first-order chi connectivity index (χ1) is 9.58. The average molecular weight is 298 g/mol. The Morgan fingerprint density at radius 3 is 2.95 bits per heavy atom. The summed E-state index contributed by atoms with van der Waals surface area (Å²) in [5.74, 6) is 5.06. The summed E-state index contributed by atoms with van der Waals surface area (Å²) in [7, 11) is 0. The summed E-state index contributed by atoms with van der Waals surface area (Å²) >= 11 is 0.876. The van der Waals surface area contributed by atoms with E-state index in [-0.39, 0.29) is 21.7 Å². The Morgan fingerprint density at radius 1 is 1.60 bits per heavy atom. The molecule has 11 nitrogen and oxygen atoms in total. The first-order valence-corrected chi connectivity index (χ1v) is 6.19. The Hall–Kier alpha value is -2.47. The van der Waals surface area contributed by atoms with Crippen molar-refractivity contribution in [1.82, 2.24) is 24.7 Å². The number of hydrogen-bond donors (Lipinski definition) is 3. The van der Waals surface area contributed by atoms with Crippen molar-refractivity contribution in [1.29, 1.82) is 0 Å². The molecule has 0 saturated heterocycles. The van der Waals surface area contributed by atoms with Crippen LogP contribution in [0, 0.1) is 10.1 Å². The second kappa shape index (κ2) is 5.66. The van der Waals surface area contributed by atoms with E-state index in [1.165, 1.54) is 4.57 Å². The summed E-state index contributed by atoms with van der Waals surface area (Å²) in [5.41, 5.74) is 1.36. The highest BCUT2D eigenvalue weighted by Gasteiger charge is 2.24. The fourth-order valence-electron chi connectivity index (χ4n) is 1.45. The van der Waals surface area contributed by atoms with E-state index in [4.69, 9.17) is 5.84 Å². The number of hydrogen-bond acceptors (Lipinski definition) is 9. The molecule has 0 aliphatic heterocycles. The average Bonchev–Trinajstić information content (AvgIpc) is 2.78. The van der Waals surface area contributed by atoms with E-state index in [0.29, 0.717) is 6.54 Å². The van der Waals surface area contributed by atoms with E-state index in [9.17, 15) is 14.9 Å². The second-order valence-electron chi connectivity index (χ2n) is 3.44. The van der Waals surface area contributed by atoms with E-state index in [0.717, 1.165) is 18.1 Å². The van der Waals surface area contributed by atoms with Gasteiger partial charge in [0.2, 0.25) is 5.82 Å². The molecule has 0 radical (unpaired) electrons. The quantitative estimate of drug-likeness (QED) is 0.292. The zero-order chi connectivity index (χ0) is 14.7. The van der Waals surface area contributed by atoms with Crippen LogP contribution in [-0.2, 0) is 6.54 Å². The largest absolute Gasteiger partial charge is 0.345 e. The molecule has 2 aromatic heterocycles. The fraction of sp³-hybridized carbons (Fsp3) is 0.250. The molecule has 4 N–H and O–H groups in total. The molecule has 0 aliphatic rings. The van der Waals surface area contributed by atoms with Crippen LogP contribution in [0.25, 0.3) is 0 Å². The van der Waals surface area contributed by atoms with Crippen molar-refractivity contribution in [3.05, 3.63) is 26.9 Å². The van der Waals surface area contributed by atoms with Crippen molar-refractivity contribution >= 4 is 23.3 Å². The van der Waals surface area contributed by atoms with E-state index >= 15 is 0 Å². The van der Waals surface area contributed by atoms with E-state index < -0.39 is 10.6 Å². The van der Waals surface area contributed by atoms with Crippen LogP contribution in [0.5, 0.6) is 0 Å². The molecular weight excluding hydrogens is 288 g/mol. The summed E-state index contributed by atoms with van der Waals surface area (Å²) in [5, 5.41) is 17.4. The molecule has 0 amide bonds. The highest BCUT2D eigenvalue weighted by Crippen LogP contribution is 2.34. The molecule has 0 aliphatic carbocycles. The highest BCUT2D eigenvalue weighted by atomic mass is 32.2. The zero-order valence-corrected chi connectivity index (χ0v) is 11.0. The van der Waals surface area contributed by atoms with E-state index in [1.807, 2.05) is 0 Å². The Balaban J connectivity index is 2.48. The van der Waals surface area contributed by atoms with Gasteiger partial charge in [0, 0.05) is 6.54 Å². The lowest BCUT2D eigenvalue weighted by Crippen LogP contribution is -2.16. The Morgan fingerprint density at radius 2 is 2.35 bits per heavy atom. The minimum absolute atomic E-state index is 0.0339. The summed E-state index contributed by atoms with van der Waals surface area (Å²) < 4.78 is 1.33. The zero-order valence-electron chi connectivity index (χ0n) is 10.2. The number of nitrogens with one attached hydrogen (secondary N) is 2. The molecule has 2 heterocycles. The molecule has 20 heavy (non-hydrogen) atoms. The standard InChI is InChI=1S/C8H10N8O3S/c1-2-15-7(17)13-14-8(15)20-6-4(16(18)19)5(12-9)10-3-11-6/h3H,2,9H2,1H3,(H,13,17)(H,10,11,12). The predicted molar refractivity (Wildman–Crippen MR) is 69.1 cm³/mol. The van der Waals surface area contributed by atoms with Crippen LogP contribution in [0.15, 0.2) is 21.3 Å². The molecule has 2 rings (SSSR count). The van der Waals surface area contributed by atoms with Crippen molar-refractivity contribution in [3.8, 4) is 0 Å². The first kappa shape index (κ1) is 14.0. The SMILES string of the molecule is CCn1c(Sc2ncnc(NN)c2[N+](=O)[O-])n[nH]c1=O. The lowest BCUT2D eigenvalue weighted by Gasteiger charge is -2.05. The molecule has 2 aromatic rings. The number of anilines is 1. The third-order valence-electron chi connectivity index (χ3n) is 2.34. The van der Waals surface area contributed by atoms with Gasteiger partial charge in [-0.3, -0.25) is 14.7 Å². The summed E-state index contributed by atoms with van der Waals surface area (Å²) in [6.45, 7) is 2.13. The number of H-pyrrole nitrogens is 1. The van der Waals surface area contributed by atoms with Crippen molar-refractivity contribution in [2.75, 3.05) is 5.43 Å². The van der Waals surface area contributed by atoms with E-state index in [1.54, 1.807) is 6.92 Å². The smallest absolute Gasteiger partial charge is 0.303 e. The van der Waals surface area contributed by atoms with Gasteiger partial charge in [0.05, 0.1) is 4.92 Å². The molecule has 0 spiro atoms.